The number of carbonyl (C=O) groups excluding carboxylic acids is 1. The summed E-state index contributed by atoms with van der Waals surface area (Å²) in [4.78, 5) is 12.0. The second-order valence-electron chi connectivity index (χ2n) is 4.07. The van der Waals surface area contributed by atoms with E-state index in [4.69, 9.17) is 6.42 Å². The molecule has 2 N–H and O–H groups in total. The molecule has 4 heteroatoms. The first-order valence-electron chi connectivity index (χ1n) is 5.75. The number of hydrogen-bond acceptors (Lipinski definition) is 3. The van der Waals surface area contributed by atoms with Gasteiger partial charge in [-0.25, -0.2) is 0 Å². The Balaban J connectivity index is 2.26. The van der Waals surface area contributed by atoms with Gasteiger partial charge in [0.25, 0.3) is 0 Å². The third-order valence-corrected chi connectivity index (χ3v) is 3.98. The van der Waals surface area contributed by atoms with Crippen LogP contribution in [0.5, 0.6) is 0 Å². The molecule has 16 heavy (non-hydrogen) atoms. The van der Waals surface area contributed by atoms with Crippen LogP contribution in [0.3, 0.4) is 0 Å². The van der Waals surface area contributed by atoms with Crippen molar-refractivity contribution >= 4 is 17.7 Å². The Labute approximate surface area is 102 Å². The van der Waals surface area contributed by atoms with Crippen LogP contribution in [0.15, 0.2) is 0 Å². The Hall–Kier alpha value is -0.660. The van der Waals surface area contributed by atoms with Gasteiger partial charge in [-0.3, -0.25) is 4.79 Å². The SMILES string of the molecule is C#CCSCCNC(=O)C1(CC)CCNC1. The van der Waals surface area contributed by atoms with Crippen LogP contribution in [-0.4, -0.2) is 37.0 Å². The number of rotatable bonds is 6. The highest BCUT2D eigenvalue weighted by Crippen LogP contribution is 2.29. The van der Waals surface area contributed by atoms with Crippen molar-refractivity contribution in [3.63, 3.8) is 0 Å². The molecule has 0 aromatic heterocycles. The molecule has 0 spiro atoms. The monoisotopic (exact) mass is 240 g/mol. The number of amides is 1. The molecule has 3 nitrogen and oxygen atoms in total. The predicted molar refractivity (Wildman–Crippen MR) is 69.4 cm³/mol. The Morgan fingerprint density at radius 1 is 1.69 bits per heavy atom. The summed E-state index contributed by atoms with van der Waals surface area (Å²) in [5.74, 6) is 4.38. The van der Waals surface area contributed by atoms with Crippen LogP contribution in [0, 0.1) is 17.8 Å². The van der Waals surface area contributed by atoms with E-state index >= 15 is 0 Å². The summed E-state index contributed by atoms with van der Waals surface area (Å²) >= 11 is 1.68. The Morgan fingerprint density at radius 2 is 2.50 bits per heavy atom. The summed E-state index contributed by atoms with van der Waals surface area (Å²) in [6, 6.07) is 0. The molecule has 90 valence electrons. The molecular weight excluding hydrogens is 220 g/mol. The summed E-state index contributed by atoms with van der Waals surface area (Å²) in [5.41, 5.74) is -0.170. The van der Waals surface area contributed by atoms with Gasteiger partial charge in [-0.15, -0.1) is 18.2 Å². The third-order valence-electron chi connectivity index (χ3n) is 3.12. The molecule has 0 radical (unpaired) electrons. The molecule has 1 aliphatic rings. The second-order valence-corrected chi connectivity index (χ2v) is 5.18. The van der Waals surface area contributed by atoms with Gasteiger partial charge in [0.15, 0.2) is 0 Å². The van der Waals surface area contributed by atoms with E-state index in [1.165, 1.54) is 0 Å². The van der Waals surface area contributed by atoms with Gasteiger partial charge >= 0.3 is 0 Å². The minimum atomic E-state index is -0.170. The molecule has 0 saturated carbocycles. The summed E-state index contributed by atoms with van der Waals surface area (Å²) in [6.45, 7) is 4.56. The second kappa shape index (κ2) is 6.82. The Bertz CT molecular complexity index is 267. The van der Waals surface area contributed by atoms with Crippen LogP contribution >= 0.6 is 11.8 Å². The number of carbonyl (C=O) groups is 1. The lowest BCUT2D eigenvalue weighted by Crippen LogP contribution is -2.42. The van der Waals surface area contributed by atoms with Crippen molar-refractivity contribution in [2.45, 2.75) is 19.8 Å². The van der Waals surface area contributed by atoms with E-state index in [1.54, 1.807) is 11.8 Å². The first kappa shape index (κ1) is 13.4. The lowest BCUT2D eigenvalue weighted by molar-refractivity contribution is -0.130. The maximum Gasteiger partial charge on any atom is 0.227 e. The van der Waals surface area contributed by atoms with Gasteiger partial charge in [-0.05, 0) is 19.4 Å². The van der Waals surface area contributed by atoms with Crippen LogP contribution < -0.4 is 10.6 Å². The summed E-state index contributed by atoms with van der Waals surface area (Å²) in [7, 11) is 0. The van der Waals surface area contributed by atoms with Crippen LogP contribution in [0.4, 0.5) is 0 Å². The van der Waals surface area contributed by atoms with Crippen molar-refractivity contribution < 1.29 is 4.79 Å². The van der Waals surface area contributed by atoms with E-state index in [-0.39, 0.29) is 11.3 Å². The zero-order valence-corrected chi connectivity index (χ0v) is 10.7. The van der Waals surface area contributed by atoms with Crippen molar-refractivity contribution in [3.8, 4) is 12.3 Å². The van der Waals surface area contributed by atoms with Gasteiger partial charge in [0.2, 0.25) is 5.91 Å². The standard InChI is InChI=1S/C12H20N2OS/c1-3-8-16-9-7-14-11(15)12(4-2)5-6-13-10-12/h1,13H,4-10H2,2H3,(H,14,15). The van der Waals surface area contributed by atoms with Crippen LogP contribution in [0.1, 0.15) is 19.8 Å². The van der Waals surface area contributed by atoms with Gasteiger partial charge in [-0.2, -0.15) is 0 Å². The van der Waals surface area contributed by atoms with Crippen molar-refractivity contribution in [2.75, 3.05) is 31.1 Å². The van der Waals surface area contributed by atoms with Crippen LogP contribution in [0.2, 0.25) is 0 Å². The number of nitrogens with one attached hydrogen (secondary N) is 2. The molecule has 1 atom stereocenters. The van der Waals surface area contributed by atoms with Gasteiger partial charge in [-0.1, -0.05) is 12.8 Å². The first-order valence-corrected chi connectivity index (χ1v) is 6.91. The van der Waals surface area contributed by atoms with Gasteiger partial charge < -0.3 is 10.6 Å². The zero-order chi connectivity index (χ0) is 11.9. The van der Waals surface area contributed by atoms with E-state index < -0.39 is 0 Å². The molecule has 0 bridgehead atoms. The fraction of sp³-hybridized carbons (Fsp3) is 0.750. The zero-order valence-electron chi connectivity index (χ0n) is 9.84. The average Bonchev–Trinajstić information content (AvgIpc) is 2.78. The van der Waals surface area contributed by atoms with E-state index in [2.05, 4.69) is 23.5 Å². The van der Waals surface area contributed by atoms with Crippen molar-refractivity contribution in [1.29, 1.82) is 0 Å². The van der Waals surface area contributed by atoms with Gasteiger partial charge in [0.05, 0.1) is 11.2 Å². The fourth-order valence-electron chi connectivity index (χ4n) is 1.96. The predicted octanol–water partition coefficient (Wildman–Crippen LogP) is 0.859. The summed E-state index contributed by atoms with van der Waals surface area (Å²) < 4.78 is 0. The van der Waals surface area contributed by atoms with E-state index in [1.807, 2.05) is 0 Å². The van der Waals surface area contributed by atoms with Crippen molar-refractivity contribution in [1.82, 2.24) is 10.6 Å². The lowest BCUT2D eigenvalue weighted by Gasteiger charge is -2.25. The highest BCUT2D eigenvalue weighted by Gasteiger charge is 2.38. The lowest BCUT2D eigenvalue weighted by atomic mass is 9.83. The summed E-state index contributed by atoms with van der Waals surface area (Å²) in [5, 5.41) is 6.27. The highest BCUT2D eigenvalue weighted by molar-refractivity contribution is 7.99. The molecule has 1 rings (SSSR count). The topological polar surface area (TPSA) is 41.1 Å². The van der Waals surface area contributed by atoms with Gasteiger partial charge in [0.1, 0.15) is 0 Å². The number of terminal acetylenes is 1. The van der Waals surface area contributed by atoms with Crippen LogP contribution in [-0.2, 0) is 4.79 Å². The fourth-order valence-corrected chi connectivity index (χ4v) is 2.46. The molecule has 1 fully saturated rings. The normalized spacial score (nSPS) is 24.0. The van der Waals surface area contributed by atoms with E-state index in [0.29, 0.717) is 6.54 Å². The first-order chi connectivity index (χ1) is 7.75. The van der Waals surface area contributed by atoms with E-state index in [0.717, 1.165) is 37.4 Å². The Kier molecular flexibility index (Phi) is 5.72. The van der Waals surface area contributed by atoms with Gasteiger partial charge in [0, 0.05) is 18.8 Å². The minimum absolute atomic E-state index is 0.170. The molecule has 0 aromatic rings. The summed E-state index contributed by atoms with van der Waals surface area (Å²) in [6.07, 6.45) is 7.00. The van der Waals surface area contributed by atoms with Crippen molar-refractivity contribution in [3.05, 3.63) is 0 Å². The maximum absolute atomic E-state index is 12.0. The molecule has 1 unspecified atom stereocenters. The number of hydrogen-bond donors (Lipinski definition) is 2. The third kappa shape index (κ3) is 3.43. The van der Waals surface area contributed by atoms with Crippen molar-refractivity contribution in [2.24, 2.45) is 5.41 Å². The average molecular weight is 240 g/mol. The van der Waals surface area contributed by atoms with E-state index in [9.17, 15) is 4.79 Å². The molecule has 1 amide bonds. The molecular formula is C12H20N2OS. The molecule has 0 aromatic carbocycles. The minimum Gasteiger partial charge on any atom is -0.355 e. The molecule has 1 heterocycles. The largest absolute Gasteiger partial charge is 0.355 e. The molecule has 0 aliphatic carbocycles. The molecule has 1 saturated heterocycles. The van der Waals surface area contributed by atoms with Crippen LogP contribution in [0.25, 0.3) is 0 Å². The Morgan fingerprint density at radius 3 is 3.06 bits per heavy atom. The quantitative estimate of drug-likeness (QED) is 0.534. The molecule has 1 aliphatic heterocycles. The number of thioether (sulfide) groups is 1. The maximum atomic E-state index is 12.0. The highest BCUT2D eigenvalue weighted by atomic mass is 32.2. The smallest absolute Gasteiger partial charge is 0.227 e.